The molecule has 2 atom stereocenters. The zero-order valence-electron chi connectivity index (χ0n) is 8.17. The van der Waals surface area contributed by atoms with Gasteiger partial charge < -0.3 is 9.47 Å². The molecule has 70 valence electrons. The molecule has 0 N–H and O–H groups in total. The molecule has 2 nitrogen and oxygen atoms in total. The highest BCUT2D eigenvalue weighted by Gasteiger charge is 2.27. The Morgan fingerprint density at radius 2 is 2.33 bits per heavy atom. The van der Waals surface area contributed by atoms with Crippen molar-refractivity contribution in [2.75, 3.05) is 13.2 Å². The first-order valence-electron chi connectivity index (χ1n) is 4.56. The van der Waals surface area contributed by atoms with Crippen molar-refractivity contribution in [3.8, 4) is 0 Å². The van der Waals surface area contributed by atoms with E-state index in [9.17, 15) is 0 Å². The van der Waals surface area contributed by atoms with Crippen LogP contribution in [0.2, 0.25) is 0 Å². The van der Waals surface area contributed by atoms with Gasteiger partial charge in [0.05, 0.1) is 25.6 Å². The molecule has 1 aliphatic rings. The molecule has 2 heteroatoms. The Labute approximate surface area is 74.6 Å². The minimum atomic E-state index is 0.440. The van der Waals surface area contributed by atoms with Gasteiger partial charge in [-0.05, 0) is 19.4 Å². The molecule has 1 heterocycles. The monoisotopic (exact) mass is 170 g/mol. The van der Waals surface area contributed by atoms with Crippen LogP contribution in [0.15, 0.2) is 11.8 Å². The summed E-state index contributed by atoms with van der Waals surface area (Å²) in [6, 6.07) is 0. The second-order valence-corrected chi connectivity index (χ2v) is 3.70. The molecule has 0 bridgehead atoms. The Bertz CT molecular complexity index is 159. The Kier molecular flexibility index (Phi) is 3.60. The van der Waals surface area contributed by atoms with Gasteiger partial charge >= 0.3 is 0 Å². The summed E-state index contributed by atoms with van der Waals surface area (Å²) in [7, 11) is 0. The van der Waals surface area contributed by atoms with Crippen LogP contribution in [0, 0.1) is 5.92 Å². The van der Waals surface area contributed by atoms with E-state index in [1.807, 2.05) is 20.1 Å². The molecule has 1 saturated heterocycles. The van der Waals surface area contributed by atoms with Crippen LogP contribution in [-0.4, -0.2) is 19.3 Å². The average Bonchev–Trinajstić information content (AvgIpc) is 2.01. The molecule has 0 radical (unpaired) electrons. The summed E-state index contributed by atoms with van der Waals surface area (Å²) in [5.74, 6) is 0.723. The Morgan fingerprint density at radius 3 is 2.75 bits per heavy atom. The fourth-order valence-electron chi connectivity index (χ4n) is 1.20. The van der Waals surface area contributed by atoms with E-state index in [1.165, 1.54) is 5.57 Å². The minimum absolute atomic E-state index is 0.440. The summed E-state index contributed by atoms with van der Waals surface area (Å²) in [6.07, 6.45) is 3.27. The summed E-state index contributed by atoms with van der Waals surface area (Å²) in [5.41, 5.74) is 1.21. The quantitative estimate of drug-likeness (QED) is 0.476. The molecule has 0 aromatic carbocycles. The Balaban J connectivity index is 1.99. The smallest absolute Gasteiger partial charge is 0.0898 e. The molecule has 0 spiro atoms. The number of allylic oxidation sites excluding steroid dienone is 1. The van der Waals surface area contributed by atoms with E-state index >= 15 is 0 Å². The van der Waals surface area contributed by atoms with Gasteiger partial charge in [-0.3, -0.25) is 0 Å². The van der Waals surface area contributed by atoms with Gasteiger partial charge in [-0.25, -0.2) is 0 Å². The van der Waals surface area contributed by atoms with E-state index in [4.69, 9.17) is 9.47 Å². The lowest BCUT2D eigenvalue weighted by atomic mass is 9.98. The summed E-state index contributed by atoms with van der Waals surface area (Å²) in [5, 5.41) is 0. The minimum Gasteiger partial charge on any atom is -0.501 e. The van der Waals surface area contributed by atoms with Gasteiger partial charge in [0, 0.05) is 12.3 Å². The molecular formula is C10H18O2. The highest BCUT2D eigenvalue weighted by Crippen LogP contribution is 2.22. The molecule has 1 rings (SSSR count). The van der Waals surface area contributed by atoms with Gasteiger partial charge in [-0.15, -0.1) is 0 Å². The lowest BCUT2D eigenvalue weighted by molar-refractivity contribution is -0.114. The molecule has 0 saturated carbocycles. The highest BCUT2D eigenvalue weighted by atomic mass is 16.5. The first kappa shape index (κ1) is 9.59. The van der Waals surface area contributed by atoms with Crippen LogP contribution < -0.4 is 0 Å². The van der Waals surface area contributed by atoms with Gasteiger partial charge in [0.15, 0.2) is 0 Å². The number of rotatable bonds is 4. The van der Waals surface area contributed by atoms with Crippen LogP contribution in [0.4, 0.5) is 0 Å². The van der Waals surface area contributed by atoms with E-state index in [-0.39, 0.29) is 0 Å². The number of hydrogen-bond donors (Lipinski definition) is 0. The van der Waals surface area contributed by atoms with Crippen molar-refractivity contribution in [3.05, 3.63) is 11.8 Å². The molecule has 12 heavy (non-hydrogen) atoms. The number of ether oxygens (including phenoxy) is 2. The largest absolute Gasteiger partial charge is 0.501 e. The highest BCUT2D eigenvalue weighted by molar-refractivity contribution is 4.86. The summed E-state index contributed by atoms with van der Waals surface area (Å²) >= 11 is 0. The lowest BCUT2D eigenvalue weighted by Gasteiger charge is -2.33. The van der Waals surface area contributed by atoms with E-state index in [0.29, 0.717) is 6.10 Å². The van der Waals surface area contributed by atoms with Crippen LogP contribution in [0.3, 0.4) is 0 Å². The van der Waals surface area contributed by atoms with Crippen molar-refractivity contribution in [3.63, 3.8) is 0 Å². The molecule has 0 amide bonds. The van der Waals surface area contributed by atoms with Crippen LogP contribution in [0.1, 0.15) is 27.2 Å². The van der Waals surface area contributed by atoms with Crippen LogP contribution in [0.25, 0.3) is 0 Å². The van der Waals surface area contributed by atoms with Gasteiger partial charge in [-0.1, -0.05) is 6.92 Å². The third-order valence-corrected chi connectivity index (χ3v) is 2.05. The Morgan fingerprint density at radius 1 is 1.58 bits per heavy atom. The van der Waals surface area contributed by atoms with Crippen molar-refractivity contribution in [1.29, 1.82) is 0 Å². The van der Waals surface area contributed by atoms with Crippen LogP contribution in [-0.2, 0) is 9.47 Å². The first-order valence-corrected chi connectivity index (χ1v) is 4.56. The maximum absolute atomic E-state index is 5.35. The SMILES string of the molecule is CC(C)=COCCC1OCC1C. The van der Waals surface area contributed by atoms with E-state index in [0.717, 1.165) is 25.6 Å². The second kappa shape index (κ2) is 4.51. The van der Waals surface area contributed by atoms with Crippen molar-refractivity contribution >= 4 is 0 Å². The zero-order chi connectivity index (χ0) is 8.97. The van der Waals surface area contributed by atoms with E-state index in [1.54, 1.807) is 0 Å². The number of hydrogen-bond acceptors (Lipinski definition) is 2. The first-order chi connectivity index (χ1) is 5.70. The molecular weight excluding hydrogens is 152 g/mol. The topological polar surface area (TPSA) is 18.5 Å². The fourth-order valence-corrected chi connectivity index (χ4v) is 1.20. The van der Waals surface area contributed by atoms with E-state index in [2.05, 4.69) is 6.92 Å². The molecule has 0 aromatic heterocycles. The van der Waals surface area contributed by atoms with Gasteiger partial charge in [0.25, 0.3) is 0 Å². The maximum Gasteiger partial charge on any atom is 0.0898 e. The van der Waals surface area contributed by atoms with Crippen LogP contribution >= 0.6 is 0 Å². The van der Waals surface area contributed by atoms with Gasteiger partial charge in [0.2, 0.25) is 0 Å². The van der Waals surface area contributed by atoms with Gasteiger partial charge in [0.1, 0.15) is 0 Å². The molecule has 0 aromatic rings. The van der Waals surface area contributed by atoms with Crippen molar-refractivity contribution in [2.45, 2.75) is 33.3 Å². The average molecular weight is 170 g/mol. The third-order valence-electron chi connectivity index (χ3n) is 2.05. The molecule has 2 unspecified atom stereocenters. The molecule has 0 aliphatic carbocycles. The third kappa shape index (κ3) is 2.86. The van der Waals surface area contributed by atoms with E-state index < -0.39 is 0 Å². The predicted molar refractivity (Wildman–Crippen MR) is 48.9 cm³/mol. The normalized spacial score (nSPS) is 27.6. The van der Waals surface area contributed by atoms with Crippen LogP contribution in [0.5, 0.6) is 0 Å². The van der Waals surface area contributed by atoms with Gasteiger partial charge in [-0.2, -0.15) is 0 Å². The predicted octanol–water partition coefficient (Wildman–Crippen LogP) is 2.35. The summed E-state index contributed by atoms with van der Waals surface area (Å²) < 4.78 is 10.7. The van der Waals surface area contributed by atoms with Crippen molar-refractivity contribution in [2.24, 2.45) is 5.92 Å². The van der Waals surface area contributed by atoms with Crippen molar-refractivity contribution < 1.29 is 9.47 Å². The molecule has 1 fully saturated rings. The maximum atomic E-state index is 5.35. The summed E-state index contributed by atoms with van der Waals surface area (Å²) in [6.45, 7) is 7.98. The molecule has 1 aliphatic heterocycles. The summed E-state index contributed by atoms with van der Waals surface area (Å²) in [4.78, 5) is 0. The zero-order valence-corrected chi connectivity index (χ0v) is 8.17. The second-order valence-electron chi connectivity index (χ2n) is 3.70. The fraction of sp³-hybridized carbons (Fsp3) is 0.800. The van der Waals surface area contributed by atoms with Crippen molar-refractivity contribution in [1.82, 2.24) is 0 Å². The lowest BCUT2D eigenvalue weighted by Crippen LogP contribution is -2.38. The Hall–Kier alpha value is -0.500. The standard InChI is InChI=1S/C10H18O2/c1-8(2)6-11-5-4-10-9(3)7-12-10/h6,9-10H,4-5,7H2,1-3H3.